The van der Waals surface area contributed by atoms with Crippen LogP contribution in [0.1, 0.15) is 31.2 Å². The van der Waals surface area contributed by atoms with Crippen molar-refractivity contribution in [1.29, 1.82) is 0 Å². The fraction of sp³-hybridized carbons (Fsp3) is 0.385. The lowest BCUT2D eigenvalue weighted by molar-refractivity contribution is 0.426. The maximum absolute atomic E-state index is 13.2. The number of aliphatic imine (C=N–C) groups is 1. The number of halogens is 1. The van der Waals surface area contributed by atoms with Gasteiger partial charge in [-0.2, -0.15) is 0 Å². The summed E-state index contributed by atoms with van der Waals surface area (Å²) in [5.74, 6) is -0.250. The predicted molar refractivity (Wildman–Crippen MR) is 69.9 cm³/mol. The number of benzene rings is 1. The summed E-state index contributed by atoms with van der Waals surface area (Å²) < 4.78 is 13.2. The maximum atomic E-state index is 13.2. The van der Waals surface area contributed by atoms with Gasteiger partial charge in [0.25, 0.3) is 0 Å². The monoisotopic (exact) mass is 248 g/mol. The van der Waals surface area contributed by atoms with Gasteiger partial charge in [-0.15, -0.1) is 0 Å². The molecule has 1 spiro atoms. The summed E-state index contributed by atoms with van der Waals surface area (Å²) in [4.78, 5) is 5.36. The van der Waals surface area contributed by atoms with Gasteiger partial charge in [0, 0.05) is 5.56 Å². The van der Waals surface area contributed by atoms with Gasteiger partial charge in [-0.05, 0) is 37.8 Å². The number of nitrogens with zero attached hydrogens (tertiary/aromatic N) is 1. The lowest BCUT2D eigenvalue weighted by Crippen LogP contribution is -2.39. The molecular weight excluding hydrogens is 235 g/mol. The summed E-state index contributed by atoms with van der Waals surface area (Å²) in [7, 11) is 0. The van der Waals surface area contributed by atoms with Crippen molar-refractivity contribution in [2.24, 2.45) is 4.99 Å². The molecule has 17 heavy (non-hydrogen) atoms. The van der Waals surface area contributed by atoms with Gasteiger partial charge in [0.2, 0.25) is 0 Å². The van der Waals surface area contributed by atoms with Crippen LogP contribution < -0.4 is 5.32 Å². The number of rotatable bonds is 1. The average molecular weight is 248 g/mol. The molecule has 1 N–H and O–H groups in total. The molecule has 2 aliphatic rings. The largest absolute Gasteiger partial charge is 0.351 e. The first-order valence-corrected chi connectivity index (χ1v) is 6.28. The van der Waals surface area contributed by atoms with Gasteiger partial charge < -0.3 is 5.32 Å². The summed E-state index contributed by atoms with van der Waals surface area (Å²) in [6.45, 7) is 0. The molecule has 0 radical (unpaired) electrons. The first-order valence-electron chi connectivity index (χ1n) is 5.87. The van der Waals surface area contributed by atoms with E-state index in [-0.39, 0.29) is 11.5 Å². The Morgan fingerprint density at radius 2 is 2.06 bits per heavy atom. The van der Waals surface area contributed by atoms with E-state index >= 15 is 0 Å². The van der Waals surface area contributed by atoms with Crippen LogP contribution in [0.2, 0.25) is 0 Å². The summed E-state index contributed by atoms with van der Waals surface area (Å²) in [6.07, 6.45) is 4.39. The molecule has 2 nitrogen and oxygen atoms in total. The highest BCUT2D eigenvalue weighted by Crippen LogP contribution is 2.34. The van der Waals surface area contributed by atoms with Crippen molar-refractivity contribution in [3.63, 3.8) is 0 Å². The third kappa shape index (κ3) is 1.86. The van der Waals surface area contributed by atoms with E-state index in [1.807, 2.05) is 6.07 Å². The highest BCUT2D eigenvalue weighted by atomic mass is 32.1. The van der Waals surface area contributed by atoms with E-state index in [4.69, 9.17) is 17.2 Å². The van der Waals surface area contributed by atoms with Crippen molar-refractivity contribution in [2.75, 3.05) is 0 Å². The molecule has 4 heteroatoms. The molecule has 0 amide bonds. The molecule has 0 bridgehead atoms. The summed E-state index contributed by atoms with van der Waals surface area (Å²) in [5, 5.41) is 3.30. The molecule has 1 heterocycles. The summed E-state index contributed by atoms with van der Waals surface area (Å²) in [6, 6.07) is 6.46. The maximum Gasteiger partial charge on any atom is 0.131 e. The lowest BCUT2D eigenvalue weighted by atomic mass is 10.1. The Labute approximate surface area is 105 Å². The lowest BCUT2D eigenvalue weighted by Gasteiger charge is -2.19. The van der Waals surface area contributed by atoms with Crippen molar-refractivity contribution in [3.8, 4) is 0 Å². The van der Waals surface area contributed by atoms with E-state index in [2.05, 4.69) is 5.32 Å². The smallest absolute Gasteiger partial charge is 0.131 e. The molecule has 88 valence electrons. The van der Waals surface area contributed by atoms with Crippen LogP contribution in [-0.2, 0) is 0 Å². The second-order valence-corrected chi connectivity index (χ2v) is 5.07. The fourth-order valence-electron chi connectivity index (χ4n) is 2.59. The Hall–Kier alpha value is -1.29. The first kappa shape index (κ1) is 10.8. The fourth-order valence-corrected chi connectivity index (χ4v) is 2.94. The number of thiocarbonyl (C=S) groups is 1. The van der Waals surface area contributed by atoms with E-state index in [0.29, 0.717) is 4.99 Å². The first-order chi connectivity index (χ1) is 8.19. The van der Waals surface area contributed by atoms with Gasteiger partial charge in [-0.1, -0.05) is 24.4 Å². The molecule has 1 aliphatic carbocycles. The van der Waals surface area contributed by atoms with Gasteiger partial charge in [0.15, 0.2) is 0 Å². The topological polar surface area (TPSA) is 24.4 Å². The minimum Gasteiger partial charge on any atom is -0.351 e. The van der Waals surface area contributed by atoms with Gasteiger partial charge in [0.1, 0.15) is 22.2 Å². The van der Waals surface area contributed by atoms with E-state index in [0.717, 1.165) is 24.1 Å². The molecule has 1 aromatic rings. The SMILES string of the molecule is Fc1cccc(C2=NC3(CCCC3)NC2=S)c1. The molecule has 0 saturated heterocycles. The van der Waals surface area contributed by atoms with Gasteiger partial charge in [-0.3, -0.25) is 4.99 Å². The van der Waals surface area contributed by atoms with Crippen LogP contribution in [0.3, 0.4) is 0 Å². The highest BCUT2D eigenvalue weighted by molar-refractivity contribution is 7.82. The molecule has 0 aromatic heterocycles. The Bertz CT molecular complexity index is 504. The summed E-state index contributed by atoms with van der Waals surface area (Å²) in [5.41, 5.74) is 1.31. The van der Waals surface area contributed by atoms with Gasteiger partial charge in [0.05, 0.1) is 0 Å². The number of hydrogen-bond donors (Lipinski definition) is 1. The minimum absolute atomic E-state index is 0.196. The van der Waals surface area contributed by atoms with E-state index < -0.39 is 0 Å². The van der Waals surface area contributed by atoms with E-state index in [9.17, 15) is 4.39 Å². The number of hydrogen-bond acceptors (Lipinski definition) is 2. The normalized spacial score (nSPS) is 21.7. The van der Waals surface area contributed by atoms with Gasteiger partial charge in [-0.25, -0.2) is 4.39 Å². The van der Waals surface area contributed by atoms with E-state index in [1.54, 1.807) is 6.07 Å². The van der Waals surface area contributed by atoms with Crippen LogP contribution in [0.25, 0.3) is 0 Å². The van der Waals surface area contributed by atoms with Crippen LogP contribution >= 0.6 is 12.2 Å². The Balaban J connectivity index is 2.00. The quantitative estimate of drug-likeness (QED) is 0.773. The highest BCUT2D eigenvalue weighted by Gasteiger charge is 2.39. The standard InChI is InChI=1S/C13H13FN2S/c14-10-5-3-4-9(8-10)11-12(17)16-13(15-11)6-1-2-7-13/h3-5,8H,1-2,6-7H2,(H,16,17). The second kappa shape index (κ2) is 3.88. The minimum atomic E-state index is -0.250. The van der Waals surface area contributed by atoms with Crippen molar-refractivity contribution >= 4 is 22.9 Å². The van der Waals surface area contributed by atoms with E-state index in [1.165, 1.54) is 25.0 Å². The Morgan fingerprint density at radius 1 is 1.29 bits per heavy atom. The molecular formula is C13H13FN2S. The molecule has 1 saturated carbocycles. The Morgan fingerprint density at radius 3 is 2.76 bits per heavy atom. The third-order valence-electron chi connectivity index (χ3n) is 3.42. The van der Waals surface area contributed by atoms with Crippen LogP contribution in [0.15, 0.2) is 29.3 Å². The second-order valence-electron chi connectivity index (χ2n) is 4.66. The molecule has 0 unspecified atom stereocenters. The third-order valence-corrected chi connectivity index (χ3v) is 3.71. The average Bonchev–Trinajstić information content (AvgIpc) is 2.87. The molecule has 3 rings (SSSR count). The van der Waals surface area contributed by atoms with Gasteiger partial charge >= 0.3 is 0 Å². The zero-order valence-corrected chi connectivity index (χ0v) is 10.2. The van der Waals surface area contributed by atoms with Crippen molar-refractivity contribution in [3.05, 3.63) is 35.6 Å². The molecule has 0 atom stereocenters. The number of nitrogens with one attached hydrogen (secondary N) is 1. The zero-order valence-electron chi connectivity index (χ0n) is 9.37. The van der Waals surface area contributed by atoms with Crippen LogP contribution in [0, 0.1) is 5.82 Å². The Kier molecular flexibility index (Phi) is 2.47. The predicted octanol–water partition coefficient (Wildman–Crippen LogP) is 2.82. The van der Waals surface area contributed by atoms with Crippen molar-refractivity contribution < 1.29 is 4.39 Å². The van der Waals surface area contributed by atoms with Crippen LogP contribution in [0.4, 0.5) is 4.39 Å². The van der Waals surface area contributed by atoms with Crippen LogP contribution in [0.5, 0.6) is 0 Å². The molecule has 1 aliphatic heterocycles. The van der Waals surface area contributed by atoms with Crippen molar-refractivity contribution in [1.82, 2.24) is 5.32 Å². The molecule has 1 fully saturated rings. The van der Waals surface area contributed by atoms with Crippen LogP contribution in [-0.4, -0.2) is 16.4 Å². The summed E-state index contributed by atoms with van der Waals surface area (Å²) >= 11 is 5.31. The molecule has 1 aromatic carbocycles. The van der Waals surface area contributed by atoms with Crippen molar-refractivity contribution in [2.45, 2.75) is 31.3 Å². The zero-order chi connectivity index (χ0) is 11.9.